The number of rotatable bonds is 4. The second-order valence-electron chi connectivity index (χ2n) is 5.32. The number of pyridine rings is 1. The SMILES string of the molecule is COc1ccc2c(Sc3ccc([N+](=O)[O-])cc3)c3ccoc3nc2c1. The minimum absolute atomic E-state index is 0.0714. The van der Waals surface area contributed by atoms with Crippen LogP contribution in [0.15, 0.2) is 69.0 Å². The highest BCUT2D eigenvalue weighted by molar-refractivity contribution is 7.99. The largest absolute Gasteiger partial charge is 0.497 e. The van der Waals surface area contributed by atoms with Gasteiger partial charge >= 0.3 is 0 Å². The molecule has 2 aromatic carbocycles. The molecule has 0 saturated heterocycles. The first-order valence-corrected chi connectivity index (χ1v) is 8.24. The molecule has 4 rings (SSSR count). The van der Waals surface area contributed by atoms with Gasteiger partial charge in [0.25, 0.3) is 5.69 Å². The topological polar surface area (TPSA) is 78.4 Å². The molecule has 0 atom stereocenters. The minimum atomic E-state index is -0.406. The van der Waals surface area contributed by atoms with E-state index in [-0.39, 0.29) is 5.69 Å². The van der Waals surface area contributed by atoms with Crippen LogP contribution in [0.1, 0.15) is 0 Å². The summed E-state index contributed by atoms with van der Waals surface area (Å²) in [5.41, 5.74) is 1.39. The third kappa shape index (κ3) is 2.78. The second kappa shape index (κ2) is 6.10. The fourth-order valence-corrected chi connectivity index (χ4v) is 3.66. The predicted octanol–water partition coefficient (Wildman–Crippen LogP) is 5.05. The molecule has 0 radical (unpaired) electrons. The molecule has 7 heteroatoms. The molecule has 0 aliphatic heterocycles. The van der Waals surface area contributed by atoms with Crippen LogP contribution in [0.2, 0.25) is 0 Å². The lowest BCUT2D eigenvalue weighted by molar-refractivity contribution is -0.384. The Bertz CT molecular complexity index is 1090. The predicted molar refractivity (Wildman–Crippen MR) is 95.3 cm³/mol. The molecule has 2 heterocycles. The molecule has 0 aliphatic rings. The molecule has 0 saturated carbocycles. The Kier molecular flexibility index (Phi) is 3.77. The first kappa shape index (κ1) is 15.5. The fraction of sp³-hybridized carbons (Fsp3) is 0.0556. The van der Waals surface area contributed by atoms with Crippen LogP contribution >= 0.6 is 11.8 Å². The van der Waals surface area contributed by atoms with Crippen molar-refractivity contribution in [1.29, 1.82) is 0 Å². The van der Waals surface area contributed by atoms with Crippen molar-refractivity contribution >= 4 is 39.5 Å². The van der Waals surface area contributed by atoms with E-state index in [2.05, 4.69) is 4.98 Å². The summed E-state index contributed by atoms with van der Waals surface area (Å²) in [5, 5.41) is 12.7. The van der Waals surface area contributed by atoms with Crippen molar-refractivity contribution in [2.75, 3.05) is 7.11 Å². The summed E-state index contributed by atoms with van der Waals surface area (Å²) in [7, 11) is 1.61. The van der Waals surface area contributed by atoms with Crippen molar-refractivity contribution in [2.45, 2.75) is 9.79 Å². The molecule has 0 spiro atoms. The van der Waals surface area contributed by atoms with Crippen LogP contribution in [-0.2, 0) is 0 Å². The molecule has 0 amide bonds. The average molecular weight is 352 g/mol. The normalized spacial score (nSPS) is 11.1. The number of nitrogens with zero attached hydrogens (tertiary/aromatic N) is 2. The van der Waals surface area contributed by atoms with Gasteiger partial charge in [-0.05, 0) is 30.3 Å². The summed E-state index contributed by atoms with van der Waals surface area (Å²) >= 11 is 1.52. The van der Waals surface area contributed by atoms with Crippen LogP contribution in [0.5, 0.6) is 5.75 Å². The van der Waals surface area contributed by atoms with Crippen molar-refractivity contribution in [3.05, 3.63) is 64.9 Å². The van der Waals surface area contributed by atoms with E-state index < -0.39 is 4.92 Å². The van der Waals surface area contributed by atoms with E-state index in [1.54, 1.807) is 25.5 Å². The van der Waals surface area contributed by atoms with E-state index in [0.29, 0.717) is 5.71 Å². The molecule has 6 nitrogen and oxygen atoms in total. The number of nitro groups is 1. The highest BCUT2D eigenvalue weighted by Gasteiger charge is 2.14. The summed E-state index contributed by atoms with van der Waals surface area (Å²) in [4.78, 5) is 16.8. The molecule has 2 aromatic heterocycles. The molecular formula is C18H12N2O4S. The van der Waals surface area contributed by atoms with Crippen LogP contribution in [-0.4, -0.2) is 17.0 Å². The second-order valence-corrected chi connectivity index (χ2v) is 6.40. The lowest BCUT2D eigenvalue weighted by Gasteiger charge is -2.09. The zero-order valence-electron chi connectivity index (χ0n) is 13.1. The number of non-ortho nitro benzene ring substituents is 1. The number of hydrogen-bond donors (Lipinski definition) is 0. The van der Waals surface area contributed by atoms with Crippen LogP contribution in [0.3, 0.4) is 0 Å². The monoisotopic (exact) mass is 352 g/mol. The standard InChI is InChI=1S/C18H12N2O4S/c1-23-12-4-7-14-16(10-12)19-18-15(8-9-24-18)17(14)25-13-5-2-11(3-6-13)20(21)22/h2-10H,1H3. The summed E-state index contributed by atoms with van der Waals surface area (Å²) in [6.07, 6.45) is 1.60. The number of ether oxygens (including phenoxy) is 1. The van der Waals surface area contributed by atoms with Gasteiger partial charge in [0.1, 0.15) is 5.75 Å². The van der Waals surface area contributed by atoms with Crippen molar-refractivity contribution in [2.24, 2.45) is 0 Å². The lowest BCUT2D eigenvalue weighted by Crippen LogP contribution is -1.88. The van der Waals surface area contributed by atoms with Gasteiger partial charge in [0, 0.05) is 33.4 Å². The first-order chi connectivity index (χ1) is 12.2. The Morgan fingerprint density at radius 2 is 1.92 bits per heavy atom. The number of methoxy groups -OCH3 is 1. The zero-order valence-corrected chi connectivity index (χ0v) is 13.9. The van der Waals surface area contributed by atoms with Gasteiger partial charge < -0.3 is 9.15 Å². The number of hydrogen-bond acceptors (Lipinski definition) is 6. The Morgan fingerprint density at radius 3 is 2.64 bits per heavy atom. The van der Waals surface area contributed by atoms with E-state index in [0.717, 1.165) is 31.8 Å². The van der Waals surface area contributed by atoms with Crippen LogP contribution in [0, 0.1) is 10.1 Å². The maximum atomic E-state index is 10.8. The third-order valence-corrected chi connectivity index (χ3v) is 4.98. The lowest BCUT2D eigenvalue weighted by atomic mass is 10.2. The molecule has 0 aliphatic carbocycles. The van der Waals surface area contributed by atoms with Gasteiger partial charge in [-0.1, -0.05) is 11.8 Å². The van der Waals surface area contributed by atoms with Crippen molar-refractivity contribution in [3.63, 3.8) is 0 Å². The maximum absolute atomic E-state index is 10.8. The van der Waals surface area contributed by atoms with E-state index in [9.17, 15) is 10.1 Å². The van der Waals surface area contributed by atoms with E-state index in [1.165, 1.54) is 23.9 Å². The van der Waals surface area contributed by atoms with E-state index >= 15 is 0 Å². The number of fused-ring (bicyclic) bond motifs is 2. The Morgan fingerprint density at radius 1 is 1.12 bits per heavy atom. The van der Waals surface area contributed by atoms with Gasteiger partial charge in [0.2, 0.25) is 5.71 Å². The van der Waals surface area contributed by atoms with Gasteiger partial charge in [-0.25, -0.2) is 4.98 Å². The van der Waals surface area contributed by atoms with Crippen molar-refractivity contribution < 1.29 is 14.1 Å². The van der Waals surface area contributed by atoms with Crippen LogP contribution in [0.25, 0.3) is 22.0 Å². The Labute approximate surface area is 146 Å². The highest BCUT2D eigenvalue weighted by atomic mass is 32.2. The van der Waals surface area contributed by atoms with E-state index in [1.807, 2.05) is 24.3 Å². The van der Waals surface area contributed by atoms with Crippen LogP contribution < -0.4 is 4.74 Å². The van der Waals surface area contributed by atoms with Gasteiger partial charge in [-0.2, -0.15) is 0 Å². The number of furan rings is 1. The van der Waals surface area contributed by atoms with Crippen LogP contribution in [0.4, 0.5) is 5.69 Å². The summed E-state index contributed by atoms with van der Waals surface area (Å²) in [6, 6.07) is 14.1. The van der Waals surface area contributed by atoms with Crippen molar-refractivity contribution in [1.82, 2.24) is 4.98 Å². The van der Waals surface area contributed by atoms with Crippen molar-refractivity contribution in [3.8, 4) is 5.75 Å². The summed E-state index contributed by atoms with van der Waals surface area (Å²) in [6.45, 7) is 0. The molecule has 0 unspecified atom stereocenters. The quantitative estimate of drug-likeness (QED) is 0.378. The number of benzene rings is 2. The summed E-state index contributed by atoms with van der Waals surface area (Å²) < 4.78 is 10.7. The molecular weight excluding hydrogens is 340 g/mol. The van der Waals surface area contributed by atoms with Gasteiger partial charge in [-0.3, -0.25) is 10.1 Å². The zero-order chi connectivity index (χ0) is 17.4. The average Bonchev–Trinajstić information content (AvgIpc) is 3.09. The van der Waals surface area contributed by atoms with Gasteiger partial charge in [0.05, 0.1) is 29.2 Å². The van der Waals surface area contributed by atoms with E-state index in [4.69, 9.17) is 9.15 Å². The molecule has 0 fully saturated rings. The molecule has 124 valence electrons. The van der Waals surface area contributed by atoms with Gasteiger partial charge in [0.15, 0.2) is 0 Å². The van der Waals surface area contributed by atoms with Gasteiger partial charge in [-0.15, -0.1) is 0 Å². The first-order valence-electron chi connectivity index (χ1n) is 7.43. The summed E-state index contributed by atoms with van der Waals surface area (Å²) in [5.74, 6) is 0.720. The molecule has 4 aromatic rings. The molecule has 0 N–H and O–H groups in total. The smallest absolute Gasteiger partial charge is 0.269 e. The third-order valence-electron chi connectivity index (χ3n) is 3.83. The molecule has 0 bridgehead atoms. The Balaban J connectivity index is 1.85. The fourth-order valence-electron chi connectivity index (χ4n) is 2.60. The molecule has 25 heavy (non-hydrogen) atoms. The Hall–Kier alpha value is -3.06. The highest BCUT2D eigenvalue weighted by Crippen LogP contribution is 2.39. The number of nitro benzene ring substituents is 1. The number of aromatic nitrogens is 1. The maximum Gasteiger partial charge on any atom is 0.269 e. The minimum Gasteiger partial charge on any atom is -0.497 e.